The van der Waals surface area contributed by atoms with E-state index in [1.807, 2.05) is 6.08 Å². The van der Waals surface area contributed by atoms with Crippen molar-refractivity contribution in [2.75, 3.05) is 0 Å². The molecule has 0 heterocycles. The van der Waals surface area contributed by atoms with E-state index in [1.165, 1.54) is 0 Å². The van der Waals surface area contributed by atoms with Crippen LogP contribution in [0, 0.1) is 11.8 Å². The lowest BCUT2D eigenvalue weighted by atomic mass is 9.89. The average Bonchev–Trinajstić information content (AvgIpc) is 2.89. The number of carboxylic acids is 1. The third kappa shape index (κ3) is 8.62. The third-order valence-corrected chi connectivity index (χ3v) is 5.07. The van der Waals surface area contributed by atoms with Gasteiger partial charge in [-0.25, -0.2) is 0 Å². The highest BCUT2D eigenvalue weighted by molar-refractivity contribution is 5.89. The van der Waals surface area contributed by atoms with Crippen LogP contribution < -0.4 is 0 Å². The van der Waals surface area contributed by atoms with Gasteiger partial charge in [-0.05, 0) is 44.1 Å². The van der Waals surface area contributed by atoms with Crippen molar-refractivity contribution < 1.29 is 19.8 Å². The molecule has 4 heteroatoms. The minimum Gasteiger partial charge on any atom is -0.481 e. The normalized spacial score (nSPS) is 23.8. The van der Waals surface area contributed by atoms with E-state index in [1.54, 1.807) is 6.08 Å². The van der Waals surface area contributed by atoms with Gasteiger partial charge in [0.25, 0.3) is 0 Å². The SMILES string of the molecule is CCCCCC(=O)C=C[C@H]1C(O)CC[C@@H]1CCCCCCC(=O)O. The van der Waals surface area contributed by atoms with Crippen molar-refractivity contribution in [1.29, 1.82) is 0 Å². The number of carboxylic acid groups (broad SMARTS) is 1. The highest BCUT2D eigenvalue weighted by atomic mass is 16.4. The lowest BCUT2D eigenvalue weighted by molar-refractivity contribution is -0.137. The number of ketones is 1. The molecule has 3 atom stereocenters. The van der Waals surface area contributed by atoms with E-state index >= 15 is 0 Å². The standard InChI is InChI=1S/C20H34O4/c1-2-3-6-10-17(21)13-14-18-16(12-15-19(18)22)9-7-4-5-8-11-20(23)24/h13-14,16,18-19,22H,2-12,15H2,1H3,(H,23,24)/t16-,18+,19?/m0/s1. The van der Waals surface area contributed by atoms with Gasteiger partial charge in [0.2, 0.25) is 0 Å². The summed E-state index contributed by atoms with van der Waals surface area (Å²) in [5.41, 5.74) is 0. The Morgan fingerprint density at radius 3 is 2.42 bits per heavy atom. The summed E-state index contributed by atoms with van der Waals surface area (Å²) in [5, 5.41) is 18.8. The van der Waals surface area contributed by atoms with Crippen molar-refractivity contribution in [3.8, 4) is 0 Å². The molecule has 0 aromatic rings. The van der Waals surface area contributed by atoms with E-state index in [9.17, 15) is 14.7 Å². The minimum absolute atomic E-state index is 0.110. The first-order valence-electron chi connectivity index (χ1n) is 9.65. The van der Waals surface area contributed by atoms with Crippen LogP contribution in [-0.2, 0) is 9.59 Å². The monoisotopic (exact) mass is 338 g/mol. The topological polar surface area (TPSA) is 74.6 Å². The fourth-order valence-electron chi connectivity index (χ4n) is 3.59. The quantitative estimate of drug-likeness (QED) is 0.383. The maximum absolute atomic E-state index is 11.9. The molecule has 0 aliphatic heterocycles. The lowest BCUT2D eigenvalue weighted by Crippen LogP contribution is -2.17. The van der Waals surface area contributed by atoms with Crippen molar-refractivity contribution in [1.82, 2.24) is 0 Å². The van der Waals surface area contributed by atoms with Gasteiger partial charge < -0.3 is 10.2 Å². The maximum atomic E-state index is 11.9. The van der Waals surface area contributed by atoms with Crippen LogP contribution in [0.4, 0.5) is 0 Å². The summed E-state index contributed by atoms with van der Waals surface area (Å²) in [6, 6.07) is 0. The van der Waals surface area contributed by atoms with Gasteiger partial charge in [-0.3, -0.25) is 9.59 Å². The molecule has 0 aromatic carbocycles. The Balaban J connectivity index is 2.28. The predicted molar refractivity (Wildman–Crippen MR) is 95.8 cm³/mol. The van der Waals surface area contributed by atoms with E-state index in [4.69, 9.17) is 5.11 Å². The molecular formula is C20H34O4. The largest absolute Gasteiger partial charge is 0.481 e. The molecule has 1 aliphatic carbocycles. The molecule has 0 spiro atoms. The smallest absolute Gasteiger partial charge is 0.303 e. The molecule has 24 heavy (non-hydrogen) atoms. The van der Waals surface area contributed by atoms with Gasteiger partial charge in [-0.1, -0.05) is 45.1 Å². The fourth-order valence-corrected chi connectivity index (χ4v) is 3.59. The molecule has 1 aliphatic rings. The second-order valence-corrected chi connectivity index (χ2v) is 7.11. The Bertz CT molecular complexity index is 402. The summed E-state index contributed by atoms with van der Waals surface area (Å²) in [4.78, 5) is 22.3. The van der Waals surface area contributed by atoms with Gasteiger partial charge in [-0.2, -0.15) is 0 Å². The van der Waals surface area contributed by atoms with Crippen LogP contribution in [0.3, 0.4) is 0 Å². The number of aliphatic hydroxyl groups is 1. The Hall–Kier alpha value is -1.16. The first-order chi connectivity index (χ1) is 11.5. The molecule has 2 N–H and O–H groups in total. The number of hydrogen-bond acceptors (Lipinski definition) is 3. The number of aliphatic hydroxyl groups excluding tert-OH is 1. The van der Waals surface area contributed by atoms with Crippen LogP contribution in [0.25, 0.3) is 0 Å². The molecular weight excluding hydrogens is 304 g/mol. The van der Waals surface area contributed by atoms with Crippen LogP contribution in [-0.4, -0.2) is 28.1 Å². The molecule has 4 nitrogen and oxygen atoms in total. The van der Waals surface area contributed by atoms with Crippen LogP contribution in [0.5, 0.6) is 0 Å². The van der Waals surface area contributed by atoms with Gasteiger partial charge in [0, 0.05) is 18.8 Å². The maximum Gasteiger partial charge on any atom is 0.303 e. The zero-order valence-electron chi connectivity index (χ0n) is 15.1. The van der Waals surface area contributed by atoms with Crippen molar-refractivity contribution >= 4 is 11.8 Å². The van der Waals surface area contributed by atoms with E-state index < -0.39 is 5.97 Å². The van der Waals surface area contributed by atoms with Crippen molar-refractivity contribution in [3.63, 3.8) is 0 Å². The molecule has 1 saturated carbocycles. The second-order valence-electron chi connectivity index (χ2n) is 7.11. The summed E-state index contributed by atoms with van der Waals surface area (Å²) < 4.78 is 0. The first-order valence-corrected chi connectivity index (χ1v) is 9.65. The number of allylic oxidation sites excluding steroid dienone is 1. The lowest BCUT2D eigenvalue weighted by Gasteiger charge is -2.18. The van der Waals surface area contributed by atoms with E-state index in [-0.39, 0.29) is 24.2 Å². The Morgan fingerprint density at radius 2 is 1.71 bits per heavy atom. The number of hydrogen-bond donors (Lipinski definition) is 2. The number of unbranched alkanes of at least 4 members (excludes halogenated alkanes) is 5. The Labute approximate surface area is 146 Å². The molecule has 0 aromatic heterocycles. The summed E-state index contributed by atoms with van der Waals surface area (Å²) in [5.74, 6) is 0.0241. The number of aliphatic carboxylic acids is 1. The van der Waals surface area contributed by atoms with Gasteiger partial charge in [0.15, 0.2) is 5.78 Å². The highest BCUT2D eigenvalue weighted by Gasteiger charge is 2.32. The summed E-state index contributed by atoms with van der Waals surface area (Å²) in [7, 11) is 0. The third-order valence-electron chi connectivity index (χ3n) is 5.07. The van der Waals surface area contributed by atoms with Crippen LogP contribution >= 0.6 is 0 Å². The molecule has 0 saturated heterocycles. The van der Waals surface area contributed by atoms with Crippen LogP contribution in [0.1, 0.15) is 84.0 Å². The second kappa shape index (κ2) is 12.2. The minimum atomic E-state index is -0.720. The number of rotatable bonds is 13. The van der Waals surface area contributed by atoms with Crippen LogP contribution in [0.2, 0.25) is 0 Å². The van der Waals surface area contributed by atoms with Gasteiger partial charge in [0.1, 0.15) is 0 Å². The zero-order chi connectivity index (χ0) is 17.8. The molecule has 1 fully saturated rings. The highest BCUT2D eigenvalue weighted by Crippen LogP contribution is 2.36. The van der Waals surface area contributed by atoms with Gasteiger partial charge >= 0.3 is 5.97 Å². The number of carbonyl (C=O) groups is 2. The Morgan fingerprint density at radius 1 is 1.00 bits per heavy atom. The van der Waals surface area contributed by atoms with E-state index in [0.29, 0.717) is 12.3 Å². The Kier molecular flexibility index (Phi) is 10.6. The first kappa shape index (κ1) is 20.9. The summed E-state index contributed by atoms with van der Waals surface area (Å²) in [6.45, 7) is 2.13. The zero-order valence-corrected chi connectivity index (χ0v) is 15.1. The summed E-state index contributed by atoms with van der Waals surface area (Å²) >= 11 is 0. The summed E-state index contributed by atoms with van der Waals surface area (Å²) in [6.07, 6.45) is 14.1. The van der Waals surface area contributed by atoms with Gasteiger partial charge in [-0.15, -0.1) is 0 Å². The van der Waals surface area contributed by atoms with Gasteiger partial charge in [0.05, 0.1) is 6.10 Å². The van der Waals surface area contributed by atoms with Crippen molar-refractivity contribution in [2.45, 2.75) is 90.1 Å². The fraction of sp³-hybridized carbons (Fsp3) is 0.800. The molecule has 0 radical (unpaired) electrons. The van der Waals surface area contributed by atoms with E-state index in [2.05, 4.69) is 6.92 Å². The molecule has 0 amide bonds. The molecule has 0 bridgehead atoms. The van der Waals surface area contributed by atoms with Crippen molar-refractivity contribution in [2.24, 2.45) is 11.8 Å². The average molecular weight is 338 g/mol. The predicted octanol–water partition coefficient (Wildman–Crippen LogP) is 4.50. The van der Waals surface area contributed by atoms with E-state index in [0.717, 1.165) is 64.2 Å². The molecule has 1 rings (SSSR count). The molecule has 138 valence electrons. The van der Waals surface area contributed by atoms with Crippen molar-refractivity contribution in [3.05, 3.63) is 12.2 Å². The molecule has 1 unspecified atom stereocenters. The number of carbonyl (C=O) groups excluding carboxylic acids is 1. The van der Waals surface area contributed by atoms with Crippen LogP contribution in [0.15, 0.2) is 12.2 Å².